The van der Waals surface area contributed by atoms with Gasteiger partial charge in [0.25, 0.3) is 0 Å². The number of sulfonamides is 1. The zero-order valence-corrected chi connectivity index (χ0v) is 13.7. The van der Waals surface area contributed by atoms with Gasteiger partial charge in [0.15, 0.2) is 0 Å². The minimum Gasteiger partial charge on any atom is -0.245 e. The molecule has 0 saturated heterocycles. The van der Waals surface area contributed by atoms with Crippen molar-refractivity contribution in [3.8, 4) is 0 Å². The summed E-state index contributed by atoms with van der Waals surface area (Å²) in [4.78, 5) is 5.24. The molecule has 0 spiro atoms. The average Bonchev–Trinajstić information content (AvgIpc) is 2.97. The van der Waals surface area contributed by atoms with Crippen LogP contribution in [0.1, 0.15) is 15.6 Å². The van der Waals surface area contributed by atoms with E-state index in [0.29, 0.717) is 9.77 Å². The van der Waals surface area contributed by atoms with Crippen LogP contribution < -0.4 is 0 Å². The SMILES string of the molecule is Cc1nc(CN(C)S(=O)(=O)c2ccsc2CCl)cs1. The largest absolute Gasteiger partial charge is 0.245 e. The number of thiophene rings is 1. The predicted molar refractivity (Wildman–Crippen MR) is 79.4 cm³/mol. The van der Waals surface area contributed by atoms with Crippen LogP contribution >= 0.6 is 34.3 Å². The topological polar surface area (TPSA) is 50.3 Å². The lowest BCUT2D eigenvalue weighted by Gasteiger charge is -2.16. The Morgan fingerprint density at radius 3 is 2.74 bits per heavy atom. The molecule has 0 radical (unpaired) electrons. The van der Waals surface area contributed by atoms with Crippen LogP contribution in [0.25, 0.3) is 0 Å². The van der Waals surface area contributed by atoms with Crippen molar-refractivity contribution in [2.75, 3.05) is 7.05 Å². The number of halogens is 1. The summed E-state index contributed by atoms with van der Waals surface area (Å²) in [6.07, 6.45) is 0. The van der Waals surface area contributed by atoms with Crippen LogP contribution in [0.2, 0.25) is 0 Å². The summed E-state index contributed by atoms with van der Waals surface area (Å²) < 4.78 is 26.2. The number of hydrogen-bond donors (Lipinski definition) is 0. The van der Waals surface area contributed by atoms with Crippen LogP contribution in [-0.4, -0.2) is 24.8 Å². The van der Waals surface area contributed by atoms with Crippen LogP contribution in [0.3, 0.4) is 0 Å². The Kier molecular flexibility index (Phi) is 4.62. The molecule has 0 amide bonds. The Bertz CT molecular complexity index is 663. The van der Waals surface area contributed by atoms with Gasteiger partial charge in [0, 0.05) is 17.3 Å². The van der Waals surface area contributed by atoms with Crippen molar-refractivity contribution >= 4 is 44.3 Å². The number of aryl methyl sites for hydroxylation is 1. The summed E-state index contributed by atoms with van der Waals surface area (Å²) in [5.41, 5.74) is 0.760. The molecule has 2 aromatic rings. The van der Waals surface area contributed by atoms with Crippen molar-refractivity contribution in [2.45, 2.75) is 24.2 Å². The molecular formula is C11H13ClN2O2S3. The van der Waals surface area contributed by atoms with Gasteiger partial charge in [-0.05, 0) is 18.4 Å². The summed E-state index contributed by atoms with van der Waals surface area (Å²) in [6.45, 7) is 2.16. The Morgan fingerprint density at radius 2 is 2.16 bits per heavy atom. The van der Waals surface area contributed by atoms with Gasteiger partial charge in [-0.15, -0.1) is 34.3 Å². The maximum absolute atomic E-state index is 12.4. The van der Waals surface area contributed by atoms with E-state index >= 15 is 0 Å². The molecule has 0 atom stereocenters. The quantitative estimate of drug-likeness (QED) is 0.788. The highest BCUT2D eigenvalue weighted by atomic mass is 35.5. The molecule has 104 valence electrons. The standard InChI is InChI=1S/C11H13ClN2O2S3/c1-8-13-9(7-18-8)6-14(2)19(15,16)11-3-4-17-10(11)5-12/h3-4,7H,5-6H2,1-2H3. The second kappa shape index (κ2) is 5.88. The molecule has 0 fully saturated rings. The monoisotopic (exact) mass is 336 g/mol. The van der Waals surface area contributed by atoms with E-state index in [2.05, 4.69) is 4.98 Å². The van der Waals surface area contributed by atoms with E-state index in [-0.39, 0.29) is 12.4 Å². The Hall–Kier alpha value is -0.470. The van der Waals surface area contributed by atoms with Crippen LogP contribution in [0.4, 0.5) is 0 Å². The lowest BCUT2D eigenvalue weighted by Crippen LogP contribution is -2.26. The Labute approximate surface area is 125 Å². The molecule has 0 saturated carbocycles. The number of alkyl halides is 1. The van der Waals surface area contributed by atoms with Gasteiger partial charge in [0.2, 0.25) is 10.0 Å². The average molecular weight is 337 g/mol. The molecule has 0 aliphatic carbocycles. The number of thiazole rings is 1. The highest BCUT2D eigenvalue weighted by Gasteiger charge is 2.25. The molecule has 0 unspecified atom stereocenters. The molecule has 0 bridgehead atoms. The van der Waals surface area contributed by atoms with E-state index in [1.807, 2.05) is 12.3 Å². The Balaban J connectivity index is 2.24. The first-order valence-electron chi connectivity index (χ1n) is 5.45. The van der Waals surface area contributed by atoms with Gasteiger partial charge in [0.05, 0.1) is 28.0 Å². The molecule has 2 rings (SSSR count). The third-order valence-electron chi connectivity index (χ3n) is 2.57. The van der Waals surface area contributed by atoms with Gasteiger partial charge >= 0.3 is 0 Å². The lowest BCUT2D eigenvalue weighted by molar-refractivity contribution is 0.462. The Morgan fingerprint density at radius 1 is 1.42 bits per heavy atom. The number of rotatable bonds is 5. The minimum atomic E-state index is -3.50. The fourth-order valence-corrected chi connectivity index (χ4v) is 5.03. The molecular weight excluding hydrogens is 324 g/mol. The fraction of sp³-hybridized carbons (Fsp3) is 0.364. The lowest BCUT2D eigenvalue weighted by atomic mass is 10.5. The van der Waals surface area contributed by atoms with Crippen molar-refractivity contribution in [3.63, 3.8) is 0 Å². The maximum Gasteiger partial charge on any atom is 0.244 e. The smallest absolute Gasteiger partial charge is 0.244 e. The maximum atomic E-state index is 12.4. The first-order valence-corrected chi connectivity index (χ1v) is 9.18. The molecule has 0 aromatic carbocycles. The number of hydrogen-bond acceptors (Lipinski definition) is 5. The molecule has 2 aromatic heterocycles. The number of nitrogens with zero attached hydrogens (tertiary/aromatic N) is 2. The van der Waals surface area contributed by atoms with Crippen molar-refractivity contribution in [1.82, 2.24) is 9.29 Å². The second-order valence-corrected chi connectivity index (χ2v) is 8.30. The normalized spacial score (nSPS) is 12.2. The number of aromatic nitrogens is 1. The van der Waals surface area contributed by atoms with Crippen molar-refractivity contribution in [1.29, 1.82) is 0 Å². The van der Waals surface area contributed by atoms with Gasteiger partial charge < -0.3 is 0 Å². The van der Waals surface area contributed by atoms with E-state index in [4.69, 9.17) is 11.6 Å². The third-order valence-corrected chi connectivity index (χ3v) is 6.75. The van der Waals surface area contributed by atoms with E-state index in [1.165, 1.54) is 27.0 Å². The fourth-order valence-electron chi connectivity index (χ4n) is 1.62. The second-order valence-electron chi connectivity index (χ2n) is 3.96. The summed E-state index contributed by atoms with van der Waals surface area (Å²) in [5.74, 6) is 0.204. The highest BCUT2D eigenvalue weighted by Crippen LogP contribution is 2.26. The summed E-state index contributed by atoms with van der Waals surface area (Å²) in [5, 5.41) is 4.54. The molecule has 8 heteroatoms. The highest BCUT2D eigenvalue weighted by molar-refractivity contribution is 7.89. The van der Waals surface area contributed by atoms with Crippen molar-refractivity contribution < 1.29 is 8.42 Å². The summed E-state index contributed by atoms with van der Waals surface area (Å²) >= 11 is 8.63. The molecule has 2 heterocycles. The zero-order valence-electron chi connectivity index (χ0n) is 10.5. The van der Waals surface area contributed by atoms with Crippen LogP contribution in [0, 0.1) is 6.92 Å². The first-order chi connectivity index (χ1) is 8.95. The summed E-state index contributed by atoms with van der Waals surface area (Å²) in [6, 6.07) is 1.60. The van der Waals surface area contributed by atoms with E-state index in [1.54, 1.807) is 18.5 Å². The van der Waals surface area contributed by atoms with Gasteiger partial charge in [-0.1, -0.05) is 0 Å². The third kappa shape index (κ3) is 3.17. The van der Waals surface area contributed by atoms with Crippen LogP contribution in [0.15, 0.2) is 21.7 Å². The van der Waals surface area contributed by atoms with Gasteiger partial charge in [0.1, 0.15) is 0 Å². The predicted octanol–water partition coefficient (Wildman–Crippen LogP) is 3.07. The van der Waals surface area contributed by atoms with Crippen LogP contribution in [-0.2, 0) is 22.4 Å². The van der Waals surface area contributed by atoms with Gasteiger partial charge in [-0.2, -0.15) is 4.31 Å². The van der Waals surface area contributed by atoms with E-state index < -0.39 is 10.0 Å². The van der Waals surface area contributed by atoms with Crippen molar-refractivity contribution in [2.24, 2.45) is 0 Å². The van der Waals surface area contributed by atoms with Gasteiger partial charge in [-0.3, -0.25) is 0 Å². The molecule has 19 heavy (non-hydrogen) atoms. The summed E-state index contributed by atoms with van der Waals surface area (Å²) in [7, 11) is -1.95. The van der Waals surface area contributed by atoms with E-state index in [0.717, 1.165) is 10.7 Å². The molecule has 0 N–H and O–H groups in total. The molecule has 0 aliphatic heterocycles. The zero-order chi connectivity index (χ0) is 14.0. The van der Waals surface area contributed by atoms with E-state index in [9.17, 15) is 8.42 Å². The molecule has 0 aliphatic rings. The van der Waals surface area contributed by atoms with Gasteiger partial charge in [-0.25, -0.2) is 13.4 Å². The minimum absolute atomic E-state index is 0.204. The van der Waals surface area contributed by atoms with Crippen LogP contribution in [0.5, 0.6) is 0 Å². The molecule has 4 nitrogen and oxygen atoms in total. The van der Waals surface area contributed by atoms with Crippen molar-refractivity contribution in [3.05, 3.63) is 32.4 Å². The first kappa shape index (κ1) is 14.9.